The summed E-state index contributed by atoms with van der Waals surface area (Å²) in [5.74, 6) is 0.243. The Bertz CT molecular complexity index is 859. The Labute approximate surface area is 149 Å². The van der Waals surface area contributed by atoms with Crippen LogP contribution in [0.5, 0.6) is 5.75 Å². The van der Waals surface area contributed by atoms with Crippen molar-refractivity contribution < 1.29 is 14.3 Å². The SMILES string of the molecule is CCOc1ccc(Cl)cc1/C=C1\N=C(c2ccccc2Cl)OC1=O. The molecule has 2 aromatic carbocycles. The molecule has 0 saturated carbocycles. The fraction of sp³-hybridized carbons (Fsp3) is 0.111. The van der Waals surface area contributed by atoms with Crippen LogP contribution in [0, 0.1) is 0 Å². The summed E-state index contributed by atoms with van der Waals surface area (Å²) in [6.45, 7) is 2.37. The molecule has 24 heavy (non-hydrogen) atoms. The molecule has 6 heteroatoms. The van der Waals surface area contributed by atoms with Gasteiger partial charge in [-0.3, -0.25) is 0 Å². The second kappa shape index (κ2) is 7.07. The molecule has 0 saturated heterocycles. The largest absolute Gasteiger partial charge is 0.493 e. The van der Waals surface area contributed by atoms with Gasteiger partial charge in [-0.1, -0.05) is 35.3 Å². The molecule has 0 fully saturated rings. The van der Waals surface area contributed by atoms with Crippen LogP contribution in [0.4, 0.5) is 0 Å². The molecule has 1 aliphatic rings. The maximum absolute atomic E-state index is 12.1. The Balaban J connectivity index is 2.01. The van der Waals surface area contributed by atoms with E-state index in [9.17, 15) is 4.79 Å². The molecule has 0 unspecified atom stereocenters. The maximum Gasteiger partial charge on any atom is 0.363 e. The van der Waals surface area contributed by atoms with E-state index in [1.165, 1.54) is 0 Å². The van der Waals surface area contributed by atoms with E-state index >= 15 is 0 Å². The normalized spacial score (nSPS) is 15.4. The van der Waals surface area contributed by atoms with Crippen LogP contribution in [-0.2, 0) is 9.53 Å². The summed E-state index contributed by atoms with van der Waals surface area (Å²) in [5.41, 5.74) is 1.38. The summed E-state index contributed by atoms with van der Waals surface area (Å²) < 4.78 is 10.8. The number of ether oxygens (including phenoxy) is 2. The highest BCUT2D eigenvalue weighted by Crippen LogP contribution is 2.28. The van der Waals surface area contributed by atoms with Crippen molar-refractivity contribution in [2.45, 2.75) is 6.92 Å². The van der Waals surface area contributed by atoms with E-state index in [2.05, 4.69) is 4.99 Å². The van der Waals surface area contributed by atoms with Crippen LogP contribution in [0.2, 0.25) is 10.0 Å². The van der Waals surface area contributed by atoms with Gasteiger partial charge in [-0.15, -0.1) is 0 Å². The summed E-state index contributed by atoms with van der Waals surface area (Å²) in [7, 11) is 0. The molecule has 2 aromatic rings. The molecule has 0 amide bonds. The smallest absolute Gasteiger partial charge is 0.363 e. The highest BCUT2D eigenvalue weighted by atomic mass is 35.5. The van der Waals surface area contributed by atoms with Gasteiger partial charge in [0.05, 0.1) is 17.2 Å². The van der Waals surface area contributed by atoms with Gasteiger partial charge in [-0.05, 0) is 43.3 Å². The molecule has 0 radical (unpaired) electrons. The third kappa shape index (κ3) is 3.45. The second-order valence-corrected chi connectivity index (χ2v) is 5.77. The predicted molar refractivity (Wildman–Crippen MR) is 94.7 cm³/mol. The number of rotatable bonds is 4. The van der Waals surface area contributed by atoms with Gasteiger partial charge in [-0.2, -0.15) is 0 Å². The van der Waals surface area contributed by atoms with Gasteiger partial charge in [0.25, 0.3) is 0 Å². The molecule has 1 aliphatic heterocycles. The van der Waals surface area contributed by atoms with Crippen molar-refractivity contribution in [3.8, 4) is 5.75 Å². The average Bonchev–Trinajstić information content (AvgIpc) is 2.91. The first-order valence-electron chi connectivity index (χ1n) is 7.28. The van der Waals surface area contributed by atoms with Crippen molar-refractivity contribution in [3.63, 3.8) is 0 Å². The molecule has 3 rings (SSSR count). The van der Waals surface area contributed by atoms with Gasteiger partial charge in [-0.25, -0.2) is 9.79 Å². The summed E-state index contributed by atoms with van der Waals surface area (Å²) in [6, 6.07) is 12.2. The number of cyclic esters (lactones) is 1. The number of hydrogen-bond donors (Lipinski definition) is 0. The topological polar surface area (TPSA) is 47.9 Å². The standard InChI is InChI=1S/C18H13Cl2NO3/c1-2-23-16-8-7-12(19)9-11(16)10-15-18(22)24-17(21-15)13-5-3-4-6-14(13)20/h3-10H,2H2,1H3/b15-10-. The van der Waals surface area contributed by atoms with E-state index in [0.717, 1.165) is 0 Å². The first-order chi connectivity index (χ1) is 11.6. The third-order valence-corrected chi connectivity index (χ3v) is 3.85. The number of halogens is 2. The van der Waals surface area contributed by atoms with Gasteiger partial charge < -0.3 is 9.47 Å². The van der Waals surface area contributed by atoms with Gasteiger partial charge >= 0.3 is 5.97 Å². The number of benzene rings is 2. The van der Waals surface area contributed by atoms with Crippen molar-refractivity contribution in [3.05, 3.63) is 69.3 Å². The number of carbonyl (C=O) groups excluding carboxylic acids is 1. The predicted octanol–water partition coefficient (Wildman–Crippen LogP) is 4.74. The fourth-order valence-electron chi connectivity index (χ4n) is 2.23. The maximum atomic E-state index is 12.1. The van der Waals surface area contributed by atoms with Crippen molar-refractivity contribution in [1.82, 2.24) is 0 Å². The second-order valence-electron chi connectivity index (χ2n) is 4.93. The zero-order chi connectivity index (χ0) is 17.1. The van der Waals surface area contributed by atoms with Gasteiger partial charge in [0.15, 0.2) is 5.70 Å². The highest BCUT2D eigenvalue weighted by molar-refractivity contribution is 6.34. The number of hydrogen-bond acceptors (Lipinski definition) is 4. The first-order valence-corrected chi connectivity index (χ1v) is 8.04. The molecule has 0 spiro atoms. The van der Waals surface area contributed by atoms with Crippen molar-refractivity contribution >= 4 is 41.1 Å². The average molecular weight is 362 g/mol. The molecule has 1 heterocycles. The zero-order valence-electron chi connectivity index (χ0n) is 12.8. The lowest BCUT2D eigenvalue weighted by molar-refractivity contribution is -0.129. The summed E-state index contributed by atoms with van der Waals surface area (Å²) in [6.07, 6.45) is 1.59. The van der Waals surface area contributed by atoms with Crippen LogP contribution in [0.15, 0.2) is 53.2 Å². The minimum Gasteiger partial charge on any atom is -0.493 e. The summed E-state index contributed by atoms with van der Waals surface area (Å²) in [5, 5.41) is 0.995. The van der Waals surface area contributed by atoms with Crippen LogP contribution in [0.3, 0.4) is 0 Å². The van der Waals surface area contributed by atoms with E-state index in [1.807, 2.05) is 6.92 Å². The number of carbonyl (C=O) groups is 1. The number of nitrogens with zero attached hydrogens (tertiary/aromatic N) is 1. The Morgan fingerprint density at radius 3 is 2.75 bits per heavy atom. The van der Waals surface area contributed by atoms with Gasteiger partial charge in [0, 0.05) is 10.6 Å². The van der Waals surface area contributed by atoms with Gasteiger partial charge in [0.1, 0.15) is 5.75 Å². The summed E-state index contributed by atoms with van der Waals surface area (Å²) >= 11 is 12.1. The van der Waals surface area contributed by atoms with Crippen LogP contribution in [-0.4, -0.2) is 18.5 Å². The quantitative estimate of drug-likeness (QED) is 0.583. The first kappa shape index (κ1) is 16.6. The molecule has 0 bridgehead atoms. The minimum atomic E-state index is -0.549. The van der Waals surface area contributed by atoms with E-state index < -0.39 is 5.97 Å². The van der Waals surface area contributed by atoms with E-state index in [1.54, 1.807) is 48.5 Å². The lowest BCUT2D eigenvalue weighted by Crippen LogP contribution is -2.05. The molecule has 0 atom stereocenters. The lowest BCUT2D eigenvalue weighted by Gasteiger charge is -2.07. The van der Waals surface area contributed by atoms with Crippen molar-refractivity contribution in [1.29, 1.82) is 0 Å². The van der Waals surface area contributed by atoms with E-state index in [0.29, 0.717) is 33.5 Å². The number of esters is 1. The van der Waals surface area contributed by atoms with Crippen LogP contribution in [0.1, 0.15) is 18.1 Å². The third-order valence-electron chi connectivity index (χ3n) is 3.29. The molecule has 122 valence electrons. The monoisotopic (exact) mass is 361 g/mol. The van der Waals surface area contributed by atoms with Crippen LogP contribution >= 0.6 is 23.2 Å². The fourth-order valence-corrected chi connectivity index (χ4v) is 2.62. The molecule has 0 aliphatic carbocycles. The van der Waals surface area contributed by atoms with E-state index in [-0.39, 0.29) is 11.6 Å². The molecule has 0 aromatic heterocycles. The summed E-state index contributed by atoms with van der Waals surface area (Å²) in [4.78, 5) is 16.4. The highest BCUT2D eigenvalue weighted by Gasteiger charge is 2.25. The molecular weight excluding hydrogens is 349 g/mol. The Kier molecular flexibility index (Phi) is 4.88. The van der Waals surface area contributed by atoms with Crippen LogP contribution in [0.25, 0.3) is 6.08 Å². The van der Waals surface area contributed by atoms with Gasteiger partial charge in [0.2, 0.25) is 5.90 Å². The number of aliphatic imine (C=N–C) groups is 1. The van der Waals surface area contributed by atoms with E-state index in [4.69, 9.17) is 32.7 Å². The molecule has 0 N–H and O–H groups in total. The van der Waals surface area contributed by atoms with Crippen molar-refractivity contribution in [2.75, 3.05) is 6.61 Å². The lowest BCUT2D eigenvalue weighted by atomic mass is 10.1. The van der Waals surface area contributed by atoms with Crippen LogP contribution < -0.4 is 4.74 Å². The Morgan fingerprint density at radius 1 is 1.21 bits per heavy atom. The molecular formula is C18H13Cl2NO3. The Morgan fingerprint density at radius 2 is 2.00 bits per heavy atom. The van der Waals surface area contributed by atoms with Crippen molar-refractivity contribution in [2.24, 2.45) is 4.99 Å². The molecule has 4 nitrogen and oxygen atoms in total. The minimum absolute atomic E-state index is 0.160. The zero-order valence-corrected chi connectivity index (χ0v) is 14.3. The Hall–Kier alpha value is -2.30.